The highest BCUT2D eigenvalue weighted by Gasteiger charge is 2.45. The van der Waals surface area contributed by atoms with Crippen molar-refractivity contribution in [3.8, 4) is 54.6 Å². The molecule has 0 N–H and O–H groups in total. The van der Waals surface area contributed by atoms with Gasteiger partial charge in [-0.25, -0.2) is 0 Å². The van der Waals surface area contributed by atoms with Gasteiger partial charge in [0.25, 0.3) is 0 Å². The van der Waals surface area contributed by atoms with Gasteiger partial charge in [-0.15, -0.1) is 0 Å². The van der Waals surface area contributed by atoms with Gasteiger partial charge in [0.05, 0.1) is 171 Å². The van der Waals surface area contributed by atoms with E-state index in [1.165, 1.54) is 56.3 Å². The zero-order chi connectivity index (χ0) is 111. The van der Waals surface area contributed by atoms with E-state index in [0.717, 1.165) is 78.6 Å². The van der Waals surface area contributed by atoms with Gasteiger partial charge in [0.2, 0.25) is 0 Å². The van der Waals surface area contributed by atoms with Gasteiger partial charge in [0.15, 0.2) is 0 Å². The zero-order valence-corrected chi connectivity index (χ0v) is 74.8. The standard InChI is InChI=1S/C10H5F9.C10H5N3.3C9H6F6.3C9H6N2.3C8H7F3/c1-4-6(9(14,15)16)2-5(8(11,12)13)3-7(4)10(17,18)19;1-7-9(5-12)2-8(4-11)3-10(7)6-13;1-5-2-6(8(10,11)12)4-7(3-5)9(13,14)15;1-5-2-3-6(8(10,11)12)4-7(5)9(13,14)15;1-5-6(8(10,11)12)3-2-4-7(5)9(13,14)15;1-7-2-8(5-10)4-9(3-7)6-11;1-7-2-3-8(5-10)4-9(7)6-11;1-7-8(5-10)3-2-4-9(7)6-11;1-6-2-4-7(5-3-6)8(9,10)11;1-6-3-2-4-7(5-6)8(9,10)11;1-6-4-2-3-5-7(6)8(9,10)11/h2-3H,1H3;2-3H,1H3;3*2-4H,1H3;3*2-4H,1H3;3*2-5H,1H3. The lowest BCUT2D eigenvalue weighted by molar-refractivity contribution is -0.150. The second kappa shape index (κ2) is 52.0. The van der Waals surface area contributed by atoms with E-state index in [4.69, 9.17) is 47.4 Å². The fourth-order valence-electron chi connectivity index (χ4n) is 11.0. The van der Waals surface area contributed by atoms with Crippen LogP contribution in [-0.2, 0) is 74.1 Å². The smallest absolute Gasteiger partial charge is 0.192 e. The second-order valence-corrected chi connectivity index (χ2v) is 29.1. The van der Waals surface area contributed by atoms with E-state index in [0.29, 0.717) is 98.5 Å². The molecule has 0 bridgehead atoms. The van der Waals surface area contributed by atoms with E-state index in [2.05, 4.69) is 0 Å². The Morgan fingerprint density at radius 3 is 0.769 bits per heavy atom. The molecule has 0 atom stereocenters. The topological polar surface area (TPSA) is 214 Å². The van der Waals surface area contributed by atoms with Crippen molar-refractivity contribution in [2.45, 2.75) is 150 Å². The van der Waals surface area contributed by atoms with Gasteiger partial charge in [0, 0.05) is 0 Å². The van der Waals surface area contributed by atoms with E-state index in [-0.39, 0.29) is 41.0 Å². The third kappa shape index (κ3) is 42.1. The first-order valence-electron chi connectivity index (χ1n) is 38.8. The van der Waals surface area contributed by atoms with Crippen molar-refractivity contribution in [2.24, 2.45) is 0 Å². The van der Waals surface area contributed by atoms with Gasteiger partial charge < -0.3 is 0 Å². The van der Waals surface area contributed by atoms with Crippen LogP contribution >= 0.6 is 0 Å². The van der Waals surface area contributed by atoms with E-state index in [9.17, 15) is 158 Å². The minimum Gasteiger partial charge on any atom is -0.192 e. The number of hydrogen-bond donors (Lipinski definition) is 0. The molecule has 0 spiro atoms. The fraction of sp³-hybridized carbons (Fsp3) is 0.235. The van der Waals surface area contributed by atoms with Crippen molar-refractivity contribution in [2.75, 3.05) is 0 Å². The molecule has 0 aliphatic heterocycles. The molecule has 0 saturated heterocycles. The van der Waals surface area contributed by atoms with Crippen LogP contribution in [0, 0.1) is 178 Å². The summed E-state index contributed by atoms with van der Waals surface area (Å²) >= 11 is 0. The fourth-order valence-corrected chi connectivity index (χ4v) is 11.0. The molecule has 143 heavy (non-hydrogen) atoms. The van der Waals surface area contributed by atoms with Crippen LogP contribution in [0.4, 0.5) is 158 Å². The Balaban J connectivity index is 0.000000790. The van der Waals surface area contributed by atoms with Crippen molar-refractivity contribution >= 4 is 0 Å². The number of benzene rings is 11. The summed E-state index contributed by atoms with van der Waals surface area (Å²) in [6.45, 7) is 15.6. The molecule has 0 aliphatic carbocycles. The Hall–Kier alpha value is -15.7. The third-order valence-corrected chi connectivity index (χ3v) is 18.2. The Kier molecular flexibility index (Phi) is 45.6. The van der Waals surface area contributed by atoms with Crippen molar-refractivity contribution in [3.05, 3.63) is 384 Å². The maximum absolute atomic E-state index is 12.5. The molecule has 0 unspecified atom stereocenters. The number of alkyl halides is 36. The molecule has 0 saturated carbocycles. The molecular weight excluding hydrogens is 1990 g/mol. The summed E-state index contributed by atoms with van der Waals surface area (Å²) in [5, 5.41) is 77.2. The minimum absolute atomic E-state index is 0.0721. The predicted octanol–water partition coefficient (Wildman–Crippen LogP) is 33.0. The van der Waals surface area contributed by atoms with Gasteiger partial charge in [0.1, 0.15) is 0 Å². The normalized spacial score (nSPS) is 11.3. The van der Waals surface area contributed by atoms with Gasteiger partial charge >= 0.3 is 74.1 Å². The quantitative estimate of drug-likeness (QED) is 0.132. The molecule has 0 fully saturated rings. The highest BCUT2D eigenvalue weighted by atomic mass is 19.5. The molecule has 9 nitrogen and oxygen atoms in total. The van der Waals surface area contributed by atoms with Crippen LogP contribution in [0.2, 0.25) is 0 Å². The molecule has 0 radical (unpaired) electrons. The average Bonchev–Trinajstić information content (AvgIpc) is 0.770. The van der Waals surface area contributed by atoms with Crippen molar-refractivity contribution in [1.29, 1.82) is 47.4 Å². The Labute approximate surface area is 791 Å². The monoisotopic (exact) mass is 2050 g/mol. The highest BCUT2D eigenvalue weighted by molar-refractivity contribution is 5.54. The van der Waals surface area contributed by atoms with Crippen molar-refractivity contribution < 1.29 is 158 Å². The van der Waals surface area contributed by atoms with Crippen LogP contribution in [0.3, 0.4) is 0 Å². The third-order valence-electron chi connectivity index (χ3n) is 18.2. The molecular formula is C98H67F36N9. The lowest BCUT2D eigenvalue weighted by Gasteiger charge is -2.19. The summed E-state index contributed by atoms with van der Waals surface area (Å²) in [4.78, 5) is 0. The van der Waals surface area contributed by atoms with Crippen LogP contribution in [0.15, 0.2) is 206 Å². The van der Waals surface area contributed by atoms with Crippen LogP contribution < -0.4 is 0 Å². The lowest BCUT2D eigenvalue weighted by atomic mass is 9.97. The second-order valence-electron chi connectivity index (χ2n) is 29.1. The van der Waals surface area contributed by atoms with Gasteiger partial charge in [-0.1, -0.05) is 83.9 Å². The number of nitriles is 9. The SMILES string of the molecule is Cc1c(C#N)cc(C#N)cc1C#N.Cc1c(C#N)cccc1C#N.Cc1c(C(F)(F)F)cc(C(F)(F)F)cc1C(F)(F)F.Cc1c(C(F)(F)F)cccc1C(F)(F)F.Cc1cc(C#N)cc(C#N)c1.Cc1cc(C(F)(F)F)cc(C(F)(F)F)c1.Cc1ccc(C#N)cc1C#N.Cc1ccc(C(F)(F)F)cc1.Cc1ccc(C(F)(F)F)cc1C(F)(F)F.Cc1cccc(C(F)(F)F)c1.Cc1ccccc1C(F)(F)F. The molecule has 11 rings (SSSR count). The largest absolute Gasteiger partial charge is 0.416 e. The molecule has 11 aromatic carbocycles. The number of aryl methyl sites for hydroxylation is 7. The molecule has 0 aliphatic rings. The summed E-state index contributed by atoms with van der Waals surface area (Å²) in [6, 6.07) is 56.2. The van der Waals surface area contributed by atoms with Crippen molar-refractivity contribution in [3.63, 3.8) is 0 Å². The maximum atomic E-state index is 12.5. The first-order valence-corrected chi connectivity index (χ1v) is 38.8. The Morgan fingerprint density at radius 2 is 0.434 bits per heavy atom. The molecule has 756 valence electrons. The predicted molar refractivity (Wildman–Crippen MR) is 445 cm³/mol. The molecule has 0 amide bonds. The van der Waals surface area contributed by atoms with Crippen LogP contribution in [0.1, 0.15) is 178 Å². The van der Waals surface area contributed by atoms with Gasteiger partial charge in [-0.05, 0) is 260 Å². The minimum atomic E-state index is -5.30. The summed E-state index contributed by atoms with van der Waals surface area (Å²) in [5.41, 5.74) is -8.19. The zero-order valence-electron chi connectivity index (χ0n) is 74.8. The summed E-state index contributed by atoms with van der Waals surface area (Å²) in [7, 11) is 0. The number of halogens is 36. The first kappa shape index (κ1) is 125. The Morgan fingerprint density at radius 1 is 0.154 bits per heavy atom. The van der Waals surface area contributed by atoms with Gasteiger partial charge in [-0.3, -0.25) is 0 Å². The number of nitrogens with zero attached hydrogens (tertiary/aromatic N) is 9. The average molecular weight is 2050 g/mol. The van der Waals surface area contributed by atoms with E-state index < -0.39 is 152 Å². The summed E-state index contributed by atoms with van der Waals surface area (Å²) in [6.07, 6.45) is -57.1. The van der Waals surface area contributed by atoms with E-state index in [1.54, 1.807) is 94.4 Å². The van der Waals surface area contributed by atoms with Crippen LogP contribution in [-0.4, -0.2) is 0 Å². The number of rotatable bonds is 0. The molecule has 0 heterocycles. The van der Waals surface area contributed by atoms with Crippen LogP contribution in [0.5, 0.6) is 0 Å². The summed E-state index contributed by atoms with van der Waals surface area (Å²) < 4.78 is 439. The molecule has 0 aromatic heterocycles. The lowest BCUT2D eigenvalue weighted by Crippen LogP contribution is -2.18. The van der Waals surface area contributed by atoms with Crippen molar-refractivity contribution in [1.82, 2.24) is 0 Å². The van der Waals surface area contributed by atoms with Gasteiger partial charge in [-0.2, -0.15) is 205 Å². The Bertz CT molecular complexity index is 6340. The molecule has 11 aromatic rings. The summed E-state index contributed by atoms with van der Waals surface area (Å²) in [5.74, 6) is 0. The van der Waals surface area contributed by atoms with E-state index in [1.807, 2.05) is 68.5 Å². The van der Waals surface area contributed by atoms with Crippen LogP contribution in [0.25, 0.3) is 0 Å². The number of hydrogen-bond acceptors (Lipinski definition) is 9. The first-order chi connectivity index (χ1) is 65.2. The maximum Gasteiger partial charge on any atom is 0.416 e. The molecule has 45 heteroatoms. The van der Waals surface area contributed by atoms with E-state index >= 15 is 0 Å². The highest BCUT2D eigenvalue weighted by Crippen LogP contribution is 2.46.